The predicted molar refractivity (Wildman–Crippen MR) is 91.4 cm³/mol. The summed E-state index contributed by atoms with van der Waals surface area (Å²) in [5.41, 5.74) is -0.000754. The number of rotatable bonds is 7. The van der Waals surface area contributed by atoms with Crippen LogP contribution >= 0.6 is 23.2 Å². The van der Waals surface area contributed by atoms with Crippen molar-refractivity contribution in [1.82, 2.24) is 10.6 Å². The molecule has 0 aromatic heterocycles. The van der Waals surface area contributed by atoms with Crippen molar-refractivity contribution in [3.63, 3.8) is 0 Å². The molecule has 1 heterocycles. The van der Waals surface area contributed by atoms with Gasteiger partial charge in [-0.3, -0.25) is 4.79 Å². The molecule has 128 valence electrons. The summed E-state index contributed by atoms with van der Waals surface area (Å²) in [5.74, 6) is 0.355. The fourth-order valence-corrected chi connectivity index (χ4v) is 2.98. The van der Waals surface area contributed by atoms with Gasteiger partial charge in [-0.05, 0) is 38.1 Å². The molecule has 2 N–H and O–H groups in total. The molecule has 1 aliphatic rings. The first-order chi connectivity index (χ1) is 11.0. The number of ether oxygens (including phenoxy) is 2. The lowest BCUT2D eigenvalue weighted by molar-refractivity contribution is -0.124. The molecule has 7 heteroatoms. The minimum atomic E-state index is -0.162. The van der Waals surface area contributed by atoms with Crippen LogP contribution in [0.3, 0.4) is 0 Å². The average Bonchev–Trinajstić information content (AvgIpc) is 2.55. The van der Waals surface area contributed by atoms with E-state index < -0.39 is 0 Å². The van der Waals surface area contributed by atoms with Gasteiger partial charge < -0.3 is 20.1 Å². The van der Waals surface area contributed by atoms with Gasteiger partial charge in [0.15, 0.2) is 6.61 Å². The molecule has 1 aromatic rings. The molecule has 1 amide bonds. The van der Waals surface area contributed by atoms with Crippen LogP contribution in [-0.2, 0) is 9.53 Å². The van der Waals surface area contributed by atoms with Crippen LogP contribution in [0.4, 0.5) is 0 Å². The number of piperidine rings is 1. The minimum absolute atomic E-state index is 0.000754. The number of hydrogen-bond donors (Lipinski definition) is 2. The van der Waals surface area contributed by atoms with Gasteiger partial charge in [0.25, 0.3) is 5.91 Å². The number of carbonyl (C=O) groups excluding carboxylic acids is 1. The Balaban J connectivity index is 1.80. The van der Waals surface area contributed by atoms with E-state index in [0.717, 1.165) is 25.9 Å². The SMILES string of the molecule is COCC1(CNC(=O)COc2ccc(Cl)c(Cl)c2)CCNCC1. The van der Waals surface area contributed by atoms with Gasteiger partial charge in [0, 0.05) is 25.1 Å². The van der Waals surface area contributed by atoms with Crippen molar-refractivity contribution < 1.29 is 14.3 Å². The third kappa shape index (κ3) is 5.53. The van der Waals surface area contributed by atoms with E-state index in [1.807, 2.05) is 0 Å². The molecule has 23 heavy (non-hydrogen) atoms. The number of halogens is 2. The van der Waals surface area contributed by atoms with Gasteiger partial charge in [0.05, 0.1) is 16.7 Å². The standard InChI is InChI=1S/C16H22Cl2N2O3/c1-22-11-16(4-6-19-7-5-16)10-20-15(21)9-23-12-2-3-13(17)14(18)8-12/h2-3,8,19H,4-7,9-11H2,1H3,(H,20,21). The van der Waals surface area contributed by atoms with Crippen molar-refractivity contribution in [1.29, 1.82) is 0 Å². The minimum Gasteiger partial charge on any atom is -0.484 e. The second kappa shape index (κ2) is 8.73. The summed E-state index contributed by atoms with van der Waals surface area (Å²) in [7, 11) is 1.69. The Labute approximate surface area is 146 Å². The smallest absolute Gasteiger partial charge is 0.257 e. The summed E-state index contributed by atoms with van der Waals surface area (Å²) in [6.45, 7) is 3.06. The van der Waals surface area contributed by atoms with Crippen molar-refractivity contribution in [2.45, 2.75) is 12.8 Å². The Kier molecular flexibility index (Phi) is 6.96. The first-order valence-electron chi connectivity index (χ1n) is 7.59. The van der Waals surface area contributed by atoms with Crippen LogP contribution in [0.5, 0.6) is 5.75 Å². The summed E-state index contributed by atoms with van der Waals surface area (Å²) in [6, 6.07) is 4.91. The molecule has 0 bridgehead atoms. The Hall–Kier alpha value is -1.01. The second-order valence-electron chi connectivity index (χ2n) is 5.82. The molecular weight excluding hydrogens is 339 g/mol. The van der Waals surface area contributed by atoms with Gasteiger partial charge in [-0.25, -0.2) is 0 Å². The van der Waals surface area contributed by atoms with Gasteiger partial charge in [0.2, 0.25) is 0 Å². The predicted octanol–water partition coefficient (Wildman–Crippen LogP) is 2.50. The van der Waals surface area contributed by atoms with Crippen molar-refractivity contribution in [3.05, 3.63) is 28.2 Å². The lowest BCUT2D eigenvalue weighted by Gasteiger charge is -2.37. The summed E-state index contributed by atoms with van der Waals surface area (Å²) >= 11 is 11.8. The molecule has 0 saturated carbocycles. The number of hydrogen-bond acceptors (Lipinski definition) is 4. The number of benzene rings is 1. The lowest BCUT2D eigenvalue weighted by atomic mass is 9.79. The number of amides is 1. The highest BCUT2D eigenvalue weighted by molar-refractivity contribution is 6.42. The van der Waals surface area contributed by atoms with Crippen LogP contribution in [-0.4, -0.2) is 45.9 Å². The maximum Gasteiger partial charge on any atom is 0.257 e. The number of nitrogens with one attached hydrogen (secondary N) is 2. The van der Waals surface area contributed by atoms with E-state index in [0.29, 0.717) is 28.9 Å². The molecule has 5 nitrogen and oxygen atoms in total. The fraction of sp³-hybridized carbons (Fsp3) is 0.562. The van der Waals surface area contributed by atoms with Gasteiger partial charge in [0.1, 0.15) is 5.75 Å². The van der Waals surface area contributed by atoms with E-state index in [9.17, 15) is 4.79 Å². The summed E-state index contributed by atoms with van der Waals surface area (Å²) in [5, 5.41) is 7.13. The Morgan fingerprint density at radius 3 is 2.70 bits per heavy atom. The van der Waals surface area contributed by atoms with Crippen molar-refractivity contribution >= 4 is 29.1 Å². The van der Waals surface area contributed by atoms with Gasteiger partial charge in [-0.1, -0.05) is 23.2 Å². The van der Waals surface area contributed by atoms with Crippen molar-refractivity contribution in [2.24, 2.45) is 5.41 Å². The molecule has 0 spiro atoms. The van der Waals surface area contributed by atoms with Gasteiger partial charge >= 0.3 is 0 Å². The molecule has 1 saturated heterocycles. The van der Waals surface area contributed by atoms with Crippen LogP contribution in [0, 0.1) is 5.41 Å². The third-order valence-corrected chi connectivity index (χ3v) is 4.78. The molecule has 1 aliphatic heterocycles. The second-order valence-corrected chi connectivity index (χ2v) is 6.64. The van der Waals surface area contributed by atoms with E-state index in [1.54, 1.807) is 25.3 Å². The highest BCUT2D eigenvalue weighted by Gasteiger charge is 2.32. The highest BCUT2D eigenvalue weighted by Crippen LogP contribution is 2.28. The van der Waals surface area contributed by atoms with Crippen LogP contribution in [0.25, 0.3) is 0 Å². The highest BCUT2D eigenvalue weighted by atomic mass is 35.5. The summed E-state index contributed by atoms with van der Waals surface area (Å²) in [4.78, 5) is 12.0. The zero-order valence-corrected chi connectivity index (χ0v) is 14.7. The third-order valence-electron chi connectivity index (χ3n) is 4.04. The molecule has 2 rings (SSSR count). The molecular formula is C16H22Cl2N2O3. The molecule has 0 unspecified atom stereocenters. The first kappa shape index (κ1) is 18.3. The summed E-state index contributed by atoms with van der Waals surface area (Å²) in [6.07, 6.45) is 1.96. The maximum absolute atomic E-state index is 12.0. The van der Waals surface area contributed by atoms with Crippen molar-refractivity contribution in [3.8, 4) is 5.75 Å². The largest absolute Gasteiger partial charge is 0.484 e. The number of methoxy groups -OCH3 is 1. The molecule has 1 fully saturated rings. The Morgan fingerprint density at radius 1 is 1.30 bits per heavy atom. The maximum atomic E-state index is 12.0. The monoisotopic (exact) mass is 360 g/mol. The molecule has 0 atom stereocenters. The van der Waals surface area contributed by atoms with Crippen molar-refractivity contribution in [2.75, 3.05) is 40.0 Å². The topological polar surface area (TPSA) is 59.6 Å². The van der Waals surface area contributed by atoms with E-state index in [2.05, 4.69) is 10.6 Å². The number of carbonyl (C=O) groups is 1. The fourth-order valence-electron chi connectivity index (χ4n) is 2.69. The van der Waals surface area contributed by atoms with E-state index in [1.165, 1.54) is 0 Å². The molecule has 1 aromatic carbocycles. The summed E-state index contributed by atoms with van der Waals surface area (Å²) < 4.78 is 10.8. The van der Waals surface area contributed by atoms with Gasteiger partial charge in [-0.15, -0.1) is 0 Å². The van der Waals surface area contributed by atoms with Crippen LogP contribution in [0.1, 0.15) is 12.8 Å². The Bertz CT molecular complexity index is 529. The van der Waals surface area contributed by atoms with E-state index in [-0.39, 0.29) is 17.9 Å². The first-order valence-corrected chi connectivity index (χ1v) is 8.34. The van der Waals surface area contributed by atoms with Crippen LogP contribution in [0.15, 0.2) is 18.2 Å². The van der Waals surface area contributed by atoms with Gasteiger partial charge in [-0.2, -0.15) is 0 Å². The Morgan fingerprint density at radius 2 is 2.04 bits per heavy atom. The van der Waals surface area contributed by atoms with E-state index in [4.69, 9.17) is 32.7 Å². The zero-order valence-electron chi connectivity index (χ0n) is 13.2. The van der Waals surface area contributed by atoms with Crippen LogP contribution in [0.2, 0.25) is 10.0 Å². The molecule has 0 radical (unpaired) electrons. The zero-order chi connectivity index (χ0) is 16.7. The lowest BCUT2D eigenvalue weighted by Crippen LogP contribution is -2.47. The molecule has 0 aliphatic carbocycles. The quantitative estimate of drug-likeness (QED) is 0.784. The average molecular weight is 361 g/mol. The normalized spacial score (nSPS) is 16.8. The van der Waals surface area contributed by atoms with Crippen LogP contribution < -0.4 is 15.4 Å². The van der Waals surface area contributed by atoms with E-state index >= 15 is 0 Å².